The molecule has 0 aliphatic carbocycles. The Labute approximate surface area is 316 Å². The number of rotatable bonds is 11. The van der Waals surface area contributed by atoms with E-state index in [0.717, 1.165) is 70.7 Å². The fraction of sp³-hybridized carbons (Fsp3) is 0.463. The summed E-state index contributed by atoms with van der Waals surface area (Å²) in [5, 5.41) is 5.41. The maximum absolute atomic E-state index is 13.6. The average molecular weight is 738 g/mol. The highest BCUT2D eigenvalue weighted by molar-refractivity contribution is 6.04. The van der Waals surface area contributed by atoms with E-state index >= 15 is 0 Å². The number of hydrogen-bond donors (Lipinski definition) is 3. The van der Waals surface area contributed by atoms with Gasteiger partial charge < -0.3 is 34.9 Å². The molecular formula is C41H51N7O6. The van der Waals surface area contributed by atoms with Gasteiger partial charge in [0.2, 0.25) is 11.8 Å². The highest BCUT2D eigenvalue weighted by atomic mass is 16.5. The van der Waals surface area contributed by atoms with Gasteiger partial charge in [-0.2, -0.15) is 0 Å². The van der Waals surface area contributed by atoms with Crippen LogP contribution in [0.15, 0.2) is 65.9 Å². The molecule has 3 aromatic rings. The highest BCUT2D eigenvalue weighted by Crippen LogP contribution is 2.35. The second kappa shape index (κ2) is 16.7. The molecule has 4 amide bonds. The van der Waals surface area contributed by atoms with Gasteiger partial charge in [0.1, 0.15) is 17.9 Å². The molecule has 2 saturated heterocycles. The van der Waals surface area contributed by atoms with Gasteiger partial charge >= 0.3 is 12.2 Å². The smallest absolute Gasteiger partial charge is 0.407 e. The molecule has 4 heterocycles. The van der Waals surface area contributed by atoms with Crippen LogP contribution in [0.5, 0.6) is 0 Å². The summed E-state index contributed by atoms with van der Waals surface area (Å²) >= 11 is 0. The van der Waals surface area contributed by atoms with E-state index in [4.69, 9.17) is 19.5 Å². The van der Waals surface area contributed by atoms with Crippen molar-refractivity contribution in [2.75, 3.05) is 27.3 Å². The van der Waals surface area contributed by atoms with E-state index in [1.165, 1.54) is 14.2 Å². The van der Waals surface area contributed by atoms with Gasteiger partial charge in [0.05, 0.1) is 38.2 Å². The van der Waals surface area contributed by atoms with Crippen LogP contribution >= 0.6 is 0 Å². The molecule has 0 unspecified atom stereocenters. The fourth-order valence-corrected chi connectivity index (χ4v) is 7.67. The molecule has 54 heavy (non-hydrogen) atoms. The first-order chi connectivity index (χ1) is 26.0. The Morgan fingerprint density at radius 3 is 1.91 bits per heavy atom. The number of allylic oxidation sites excluding steroid dienone is 1. The summed E-state index contributed by atoms with van der Waals surface area (Å²) in [7, 11) is 2.59. The first-order valence-electron chi connectivity index (χ1n) is 18.8. The van der Waals surface area contributed by atoms with Gasteiger partial charge in [0.25, 0.3) is 0 Å². The van der Waals surface area contributed by atoms with Gasteiger partial charge in [-0.1, -0.05) is 70.2 Å². The number of benzene rings is 2. The van der Waals surface area contributed by atoms with E-state index in [1.807, 2.05) is 62.0 Å². The van der Waals surface area contributed by atoms with Gasteiger partial charge in [-0.3, -0.25) is 14.6 Å². The van der Waals surface area contributed by atoms with Crippen molar-refractivity contribution in [3.8, 4) is 22.4 Å². The van der Waals surface area contributed by atoms with Gasteiger partial charge in [-0.15, -0.1) is 0 Å². The largest absolute Gasteiger partial charge is 0.453 e. The minimum atomic E-state index is -0.690. The Morgan fingerprint density at radius 2 is 1.31 bits per heavy atom. The maximum atomic E-state index is 13.6. The van der Waals surface area contributed by atoms with Crippen LogP contribution in [0.4, 0.5) is 9.59 Å². The first kappa shape index (κ1) is 38.3. The van der Waals surface area contributed by atoms with Crippen LogP contribution in [0.2, 0.25) is 0 Å². The number of aromatic amines is 1. The summed E-state index contributed by atoms with van der Waals surface area (Å²) in [4.78, 5) is 67.7. The molecule has 0 spiro atoms. The van der Waals surface area contributed by atoms with Crippen molar-refractivity contribution in [2.24, 2.45) is 16.8 Å². The number of nitrogens with zero attached hydrogens (tertiary/aromatic N) is 4. The van der Waals surface area contributed by atoms with Crippen LogP contribution in [0, 0.1) is 11.8 Å². The monoisotopic (exact) mass is 737 g/mol. The molecule has 13 nitrogen and oxygen atoms in total. The van der Waals surface area contributed by atoms with Crippen molar-refractivity contribution < 1.29 is 28.7 Å². The number of amides is 4. The molecule has 3 aliphatic rings. The Kier molecular flexibility index (Phi) is 11.8. The summed E-state index contributed by atoms with van der Waals surface area (Å²) in [5.41, 5.74) is 7.10. The summed E-state index contributed by atoms with van der Waals surface area (Å²) in [5.74, 6) is 0.283. The molecule has 2 fully saturated rings. The van der Waals surface area contributed by atoms with Crippen molar-refractivity contribution in [2.45, 2.75) is 84.0 Å². The molecule has 3 aliphatic heterocycles. The van der Waals surface area contributed by atoms with E-state index in [1.54, 1.807) is 0 Å². The minimum absolute atomic E-state index is 0.0878. The van der Waals surface area contributed by atoms with Crippen molar-refractivity contribution in [1.82, 2.24) is 30.4 Å². The lowest BCUT2D eigenvalue weighted by Crippen LogP contribution is -2.53. The number of H-pyrrole nitrogens is 1. The number of alkyl carbamates (subject to hydrolysis) is 2. The predicted octanol–water partition coefficient (Wildman–Crippen LogP) is 6.35. The van der Waals surface area contributed by atoms with Crippen LogP contribution in [0.1, 0.15) is 77.2 Å². The molecule has 1 aromatic heterocycles. The molecule has 0 bridgehead atoms. The van der Waals surface area contributed by atoms with E-state index in [9.17, 15) is 19.2 Å². The van der Waals surface area contributed by atoms with Crippen LogP contribution in [0.25, 0.3) is 28.0 Å². The van der Waals surface area contributed by atoms with Gasteiger partial charge in [-0.25, -0.2) is 14.6 Å². The molecule has 3 N–H and O–H groups in total. The normalized spacial score (nSPS) is 19.4. The third-order valence-corrected chi connectivity index (χ3v) is 10.7. The quantitative estimate of drug-likeness (QED) is 0.207. The van der Waals surface area contributed by atoms with Crippen LogP contribution in [-0.2, 0) is 19.1 Å². The average Bonchev–Trinajstić information content (AvgIpc) is 4.02. The van der Waals surface area contributed by atoms with Crippen LogP contribution in [0.3, 0.4) is 0 Å². The fourth-order valence-electron chi connectivity index (χ4n) is 7.67. The van der Waals surface area contributed by atoms with E-state index in [0.29, 0.717) is 19.5 Å². The number of ether oxygens (including phenoxy) is 2. The second-order valence-electron chi connectivity index (χ2n) is 14.9. The molecule has 4 atom stereocenters. The van der Waals surface area contributed by atoms with E-state index in [-0.39, 0.29) is 35.7 Å². The Balaban J connectivity index is 1.10. The van der Waals surface area contributed by atoms with Gasteiger partial charge in [0.15, 0.2) is 0 Å². The number of nitrogens with one attached hydrogen (secondary N) is 3. The van der Waals surface area contributed by atoms with Crippen LogP contribution < -0.4 is 10.6 Å². The zero-order valence-electron chi connectivity index (χ0n) is 31.9. The van der Waals surface area contributed by atoms with E-state index in [2.05, 4.69) is 52.0 Å². The summed E-state index contributed by atoms with van der Waals surface area (Å²) < 4.78 is 9.53. The minimum Gasteiger partial charge on any atom is -0.453 e. The zero-order valence-corrected chi connectivity index (χ0v) is 31.9. The highest BCUT2D eigenvalue weighted by Gasteiger charge is 2.39. The third kappa shape index (κ3) is 8.19. The van der Waals surface area contributed by atoms with Crippen molar-refractivity contribution in [3.63, 3.8) is 0 Å². The molecule has 0 radical (unpaired) electrons. The standard InChI is InChI=1S/C41H51N7O6/c1-24(2)35(45-40(51)53-5)38(49)47-18-8-12-33(47)31-21-30(22-42-31)27-16-14-26(15-17-27)28-10-7-11-29(20-28)32-23-43-37(44-32)34-13-9-19-48(34)39(50)36(25(3)4)46-41(52)54-6/h7,10-11,14-17,20,22-25,33-36H,8-9,12-13,18-19,21H2,1-6H3,(H,43,44)(H,45,51)(H,46,52)/t33-,34-,35-,36-/m0/s1. The lowest BCUT2D eigenvalue weighted by molar-refractivity contribution is -0.135. The van der Waals surface area contributed by atoms with Crippen molar-refractivity contribution in [1.29, 1.82) is 0 Å². The molecule has 2 aromatic carbocycles. The number of methoxy groups -OCH3 is 2. The number of carbonyl (C=O) groups is 4. The number of aliphatic imine (C=N–C) groups is 1. The molecular weight excluding hydrogens is 686 g/mol. The Hall–Kier alpha value is -5.46. The Morgan fingerprint density at radius 1 is 0.759 bits per heavy atom. The number of imidazole rings is 1. The lowest BCUT2D eigenvalue weighted by atomic mass is 9.95. The summed E-state index contributed by atoms with van der Waals surface area (Å²) in [6, 6.07) is 15.0. The molecule has 286 valence electrons. The van der Waals surface area contributed by atoms with Crippen molar-refractivity contribution >= 4 is 35.3 Å². The lowest BCUT2D eigenvalue weighted by Gasteiger charge is -2.31. The maximum Gasteiger partial charge on any atom is 0.407 e. The third-order valence-electron chi connectivity index (χ3n) is 10.7. The number of likely N-dealkylation sites (tertiary alicyclic amines) is 2. The second-order valence-corrected chi connectivity index (χ2v) is 14.9. The number of carbonyl (C=O) groups excluding carboxylic acids is 4. The molecule has 13 heteroatoms. The van der Waals surface area contributed by atoms with E-state index < -0.39 is 24.3 Å². The SMILES string of the molecule is COC(=O)N[C@H](C(=O)N1CCC[C@H]1C1=NC=C(c2ccc(-c3cccc(-c4cnc([C@@H]5CCCN5C(=O)[C@@H](NC(=O)OC)C(C)C)[nH]4)c3)cc2)C1)C(C)C. The van der Waals surface area contributed by atoms with Crippen LogP contribution in [-0.4, -0.2) is 94.9 Å². The first-order valence-corrected chi connectivity index (χ1v) is 18.8. The summed E-state index contributed by atoms with van der Waals surface area (Å²) in [6.07, 6.45) is 6.49. The van der Waals surface area contributed by atoms with Crippen molar-refractivity contribution in [3.05, 3.63) is 72.3 Å². The molecule has 6 rings (SSSR count). The van der Waals surface area contributed by atoms with Gasteiger partial charge in [0, 0.05) is 37.0 Å². The molecule has 0 saturated carbocycles. The predicted molar refractivity (Wildman–Crippen MR) is 206 cm³/mol. The number of aromatic nitrogens is 2. The zero-order chi connectivity index (χ0) is 38.5. The summed E-state index contributed by atoms with van der Waals surface area (Å²) in [6.45, 7) is 8.85. The van der Waals surface area contributed by atoms with Gasteiger partial charge in [-0.05, 0) is 65.8 Å². The Bertz CT molecular complexity index is 1920. The number of hydrogen-bond acceptors (Lipinski definition) is 8. The topological polar surface area (TPSA) is 158 Å².